The van der Waals surface area contributed by atoms with E-state index < -0.39 is 10.1 Å². The first-order chi connectivity index (χ1) is 13.8. The summed E-state index contributed by atoms with van der Waals surface area (Å²) in [6.07, 6.45) is 1.80. The van der Waals surface area contributed by atoms with Gasteiger partial charge in [-0.25, -0.2) is 4.98 Å². The zero-order chi connectivity index (χ0) is 20.6. The third-order valence-electron chi connectivity index (χ3n) is 4.52. The fourth-order valence-electron chi connectivity index (χ4n) is 3.00. The normalized spacial score (nSPS) is 12.1. The third kappa shape index (κ3) is 4.12. The lowest BCUT2D eigenvalue weighted by Crippen LogP contribution is -2.00. The molecule has 0 saturated carbocycles. The van der Waals surface area contributed by atoms with Crippen molar-refractivity contribution in [2.75, 3.05) is 0 Å². The Morgan fingerprint density at radius 2 is 1.66 bits per heavy atom. The van der Waals surface area contributed by atoms with Crippen molar-refractivity contribution in [2.24, 2.45) is 4.99 Å². The monoisotopic (exact) mass is 422 g/mol. The molecule has 1 heterocycles. The molecule has 146 valence electrons. The van der Waals surface area contributed by atoms with E-state index in [9.17, 15) is 13.0 Å². The highest BCUT2D eigenvalue weighted by molar-refractivity contribution is 7.86. The SMILES string of the molecule is Cc1ccc(N=Cc2ccc(-c3nc4ccc(C)c(S(=O)(=O)O)c4s3)cc2)cc1. The van der Waals surface area contributed by atoms with Crippen molar-refractivity contribution in [1.29, 1.82) is 0 Å². The molecule has 0 aliphatic carbocycles. The summed E-state index contributed by atoms with van der Waals surface area (Å²) >= 11 is 1.25. The van der Waals surface area contributed by atoms with Crippen molar-refractivity contribution in [2.45, 2.75) is 18.7 Å². The van der Waals surface area contributed by atoms with Gasteiger partial charge in [-0.1, -0.05) is 48.0 Å². The molecule has 7 heteroatoms. The maximum absolute atomic E-state index is 11.8. The van der Waals surface area contributed by atoms with Crippen LogP contribution in [0.3, 0.4) is 0 Å². The van der Waals surface area contributed by atoms with Crippen molar-refractivity contribution in [3.05, 3.63) is 77.4 Å². The van der Waals surface area contributed by atoms with Crippen LogP contribution in [0.1, 0.15) is 16.7 Å². The molecule has 0 aliphatic rings. The van der Waals surface area contributed by atoms with E-state index in [1.807, 2.05) is 55.5 Å². The number of aryl methyl sites for hydroxylation is 2. The predicted molar refractivity (Wildman–Crippen MR) is 118 cm³/mol. The first-order valence-corrected chi connectivity index (χ1v) is 11.2. The number of rotatable bonds is 4. The molecule has 29 heavy (non-hydrogen) atoms. The first-order valence-electron chi connectivity index (χ1n) is 8.90. The van der Waals surface area contributed by atoms with Crippen LogP contribution in [0.15, 0.2) is 70.6 Å². The molecule has 1 aromatic heterocycles. The zero-order valence-corrected chi connectivity index (χ0v) is 17.5. The van der Waals surface area contributed by atoms with Crippen LogP contribution in [0.5, 0.6) is 0 Å². The van der Waals surface area contributed by atoms with Crippen LogP contribution in [0, 0.1) is 13.8 Å². The number of nitrogens with zero attached hydrogens (tertiary/aromatic N) is 2. The Balaban J connectivity index is 1.65. The molecule has 1 N–H and O–H groups in total. The molecule has 0 bridgehead atoms. The summed E-state index contributed by atoms with van der Waals surface area (Å²) in [6, 6.07) is 19.1. The van der Waals surface area contributed by atoms with Gasteiger partial charge in [0.25, 0.3) is 10.1 Å². The molecule has 0 unspecified atom stereocenters. The molecule has 4 rings (SSSR count). The molecule has 0 saturated heterocycles. The van der Waals surface area contributed by atoms with Gasteiger partial charge in [-0.15, -0.1) is 11.3 Å². The third-order valence-corrected chi connectivity index (χ3v) is 6.83. The number of aromatic nitrogens is 1. The molecule has 0 spiro atoms. The van der Waals surface area contributed by atoms with Crippen LogP contribution in [-0.4, -0.2) is 24.2 Å². The average Bonchev–Trinajstić information content (AvgIpc) is 3.10. The van der Waals surface area contributed by atoms with E-state index in [2.05, 4.69) is 9.98 Å². The molecule has 0 radical (unpaired) electrons. The van der Waals surface area contributed by atoms with Crippen molar-refractivity contribution in [3.63, 3.8) is 0 Å². The largest absolute Gasteiger partial charge is 0.296 e. The Labute approximate surface area is 173 Å². The van der Waals surface area contributed by atoms with Crippen LogP contribution in [-0.2, 0) is 10.1 Å². The Morgan fingerprint density at radius 3 is 2.31 bits per heavy atom. The van der Waals surface area contributed by atoms with Crippen molar-refractivity contribution in [3.8, 4) is 10.6 Å². The molecule has 4 aromatic rings. The van der Waals surface area contributed by atoms with Crippen LogP contribution in [0.25, 0.3) is 20.8 Å². The van der Waals surface area contributed by atoms with Gasteiger partial charge in [0.15, 0.2) is 0 Å². The van der Waals surface area contributed by atoms with Gasteiger partial charge in [0, 0.05) is 11.8 Å². The van der Waals surface area contributed by atoms with E-state index >= 15 is 0 Å². The topological polar surface area (TPSA) is 79.6 Å². The molecule has 0 aliphatic heterocycles. The maximum Gasteiger partial charge on any atom is 0.296 e. The smallest absolute Gasteiger partial charge is 0.282 e. The second-order valence-corrected chi connectivity index (χ2v) is 9.13. The quantitative estimate of drug-likeness (QED) is 0.344. The highest BCUT2D eigenvalue weighted by Gasteiger charge is 2.20. The minimum absolute atomic E-state index is 0.0689. The highest BCUT2D eigenvalue weighted by Crippen LogP contribution is 2.35. The van der Waals surface area contributed by atoms with Gasteiger partial charge in [0.2, 0.25) is 0 Å². The Hall–Kier alpha value is -2.87. The average molecular weight is 423 g/mol. The summed E-state index contributed by atoms with van der Waals surface area (Å²) in [5.41, 5.74) is 4.95. The molecule has 0 atom stereocenters. The second-order valence-electron chi connectivity index (χ2n) is 6.77. The fourth-order valence-corrected chi connectivity index (χ4v) is 5.32. The summed E-state index contributed by atoms with van der Waals surface area (Å²) in [5, 5.41) is 0.692. The predicted octanol–water partition coefficient (Wildman–Crippen LogP) is 5.58. The standard InChI is InChI=1S/C22H18N2O3S2/c1-14-3-10-18(11-4-14)23-13-16-6-8-17(9-7-16)22-24-19-12-5-15(2)21(20(19)28-22)29(25,26)27/h3-13H,1-2H3,(H,25,26,27). The molecule has 0 amide bonds. The Bertz CT molecular complexity index is 1320. The Morgan fingerprint density at radius 1 is 0.966 bits per heavy atom. The number of thiazole rings is 1. The number of benzene rings is 3. The van der Waals surface area contributed by atoms with Crippen LogP contribution < -0.4 is 0 Å². The van der Waals surface area contributed by atoms with Crippen LogP contribution >= 0.6 is 11.3 Å². The zero-order valence-electron chi connectivity index (χ0n) is 15.8. The molecular weight excluding hydrogens is 404 g/mol. The Kier molecular flexibility index (Phi) is 5.04. The minimum atomic E-state index is -4.32. The highest BCUT2D eigenvalue weighted by atomic mass is 32.2. The summed E-state index contributed by atoms with van der Waals surface area (Å²) < 4.78 is 33.6. The number of aliphatic imine (C=N–C) groups is 1. The van der Waals surface area contributed by atoms with Crippen LogP contribution in [0.2, 0.25) is 0 Å². The molecule has 0 fully saturated rings. The minimum Gasteiger partial charge on any atom is -0.282 e. The van der Waals surface area contributed by atoms with E-state index in [-0.39, 0.29) is 4.90 Å². The summed E-state index contributed by atoms with van der Waals surface area (Å²) in [4.78, 5) is 8.94. The first kappa shape index (κ1) is 19.4. The summed E-state index contributed by atoms with van der Waals surface area (Å²) in [7, 11) is -4.32. The number of fused-ring (bicyclic) bond motifs is 1. The second kappa shape index (κ2) is 7.51. The lowest BCUT2D eigenvalue weighted by molar-refractivity contribution is 0.484. The maximum atomic E-state index is 11.8. The van der Waals surface area contributed by atoms with Crippen LogP contribution in [0.4, 0.5) is 5.69 Å². The van der Waals surface area contributed by atoms with Crippen molar-refractivity contribution < 1.29 is 13.0 Å². The molecule has 3 aromatic carbocycles. The fraction of sp³-hybridized carbons (Fsp3) is 0.0909. The lowest BCUT2D eigenvalue weighted by Gasteiger charge is -2.02. The van der Waals surface area contributed by atoms with Gasteiger partial charge < -0.3 is 0 Å². The van der Waals surface area contributed by atoms with E-state index in [0.29, 0.717) is 20.8 Å². The molecular formula is C22H18N2O3S2. The van der Waals surface area contributed by atoms with Gasteiger partial charge in [0.05, 0.1) is 15.9 Å². The number of hydrogen-bond acceptors (Lipinski definition) is 5. The summed E-state index contributed by atoms with van der Waals surface area (Å²) in [6.45, 7) is 3.69. The van der Waals surface area contributed by atoms with Gasteiger partial charge in [0.1, 0.15) is 9.90 Å². The van der Waals surface area contributed by atoms with Gasteiger partial charge in [-0.3, -0.25) is 9.55 Å². The van der Waals surface area contributed by atoms with Gasteiger partial charge in [-0.05, 0) is 43.2 Å². The molecule has 5 nitrogen and oxygen atoms in total. The number of hydrogen-bond donors (Lipinski definition) is 1. The van der Waals surface area contributed by atoms with Gasteiger partial charge >= 0.3 is 0 Å². The lowest BCUT2D eigenvalue weighted by atomic mass is 10.1. The van der Waals surface area contributed by atoms with E-state index in [1.165, 1.54) is 16.9 Å². The van der Waals surface area contributed by atoms with Crippen molar-refractivity contribution in [1.82, 2.24) is 4.98 Å². The van der Waals surface area contributed by atoms with Gasteiger partial charge in [-0.2, -0.15) is 8.42 Å². The van der Waals surface area contributed by atoms with E-state index in [0.717, 1.165) is 16.8 Å². The van der Waals surface area contributed by atoms with Crippen molar-refractivity contribution >= 4 is 43.6 Å². The summed E-state index contributed by atoms with van der Waals surface area (Å²) in [5.74, 6) is 0. The van der Waals surface area contributed by atoms with E-state index in [1.54, 1.807) is 25.3 Å². The van der Waals surface area contributed by atoms with E-state index in [4.69, 9.17) is 0 Å².